The maximum absolute atomic E-state index is 12.4. The molecule has 0 heterocycles. The highest BCUT2D eigenvalue weighted by Gasteiger charge is 2.28. The third kappa shape index (κ3) is 5.69. The van der Waals surface area contributed by atoms with Crippen LogP contribution in [0.15, 0.2) is 59.5 Å². The highest BCUT2D eigenvalue weighted by atomic mass is 32.2. The first-order valence-electron chi connectivity index (χ1n) is 8.04. The van der Waals surface area contributed by atoms with Crippen LogP contribution in [0.2, 0.25) is 0 Å². The number of aryl methyl sites for hydroxylation is 2. The molecule has 2 aromatic carbocycles. The van der Waals surface area contributed by atoms with E-state index in [1.165, 1.54) is 19.2 Å². The van der Waals surface area contributed by atoms with Crippen molar-refractivity contribution in [3.05, 3.63) is 65.7 Å². The van der Waals surface area contributed by atoms with Crippen molar-refractivity contribution in [2.75, 3.05) is 7.11 Å². The lowest BCUT2D eigenvalue weighted by atomic mass is 10.1. The van der Waals surface area contributed by atoms with Crippen LogP contribution in [0.4, 0.5) is 0 Å². The molecule has 0 aliphatic heterocycles. The summed E-state index contributed by atoms with van der Waals surface area (Å²) in [6.45, 7) is 1.79. The Hall–Kier alpha value is -2.18. The summed E-state index contributed by atoms with van der Waals surface area (Å²) in [5.74, 6) is -0.690. The average molecular weight is 362 g/mol. The van der Waals surface area contributed by atoms with Crippen LogP contribution in [0.25, 0.3) is 0 Å². The number of hydrogen-bond acceptors (Lipinski definition) is 5. The topological polar surface area (TPSA) is 69.7 Å². The number of ether oxygens (including phenoxy) is 1. The van der Waals surface area contributed by atoms with Gasteiger partial charge in [-0.1, -0.05) is 42.5 Å². The van der Waals surface area contributed by atoms with Crippen LogP contribution in [0.3, 0.4) is 0 Å². The van der Waals surface area contributed by atoms with Crippen molar-refractivity contribution in [1.29, 1.82) is 0 Å². The van der Waals surface area contributed by atoms with Crippen LogP contribution < -0.4 is 0 Å². The highest BCUT2D eigenvalue weighted by Crippen LogP contribution is 2.19. The van der Waals surface area contributed by atoms with E-state index in [-0.39, 0.29) is 11.3 Å². The van der Waals surface area contributed by atoms with Crippen molar-refractivity contribution in [2.45, 2.75) is 37.2 Å². The Morgan fingerprint density at radius 2 is 1.80 bits per heavy atom. The van der Waals surface area contributed by atoms with Gasteiger partial charge in [0.1, 0.15) is 0 Å². The van der Waals surface area contributed by atoms with Gasteiger partial charge in [0.15, 0.2) is 6.10 Å². The summed E-state index contributed by atoms with van der Waals surface area (Å²) in [6.07, 6.45) is 0.432. The van der Waals surface area contributed by atoms with E-state index >= 15 is 0 Å². The maximum atomic E-state index is 12.4. The fourth-order valence-electron chi connectivity index (χ4n) is 2.45. The van der Waals surface area contributed by atoms with E-state index in [9.17, 15) is 13.2 Å². The van der Waals surface area contributed by atoms with Gasteiger partial charge in [0.05, 0.1) is 12.0 Å². The molecule has 0 amide bonds. The van der Waals surface area contributed by atoms with Crippen LogP contribution in [-0.2, 0) is 30.3 Å². The number of carbonyl (C=O) groups is 1. The van der Waals surface area contributed by atoms with Gasteiger partial charge in [0.25, 0.3) is 10.1 Å². The van der Waals surface area contributed by atoms with Gasteiger partial charge in [-0.15, -0.1) is 0 Å². The molecule has 0 spiro atoms. The molecular formula is C19H22O5S. The lowest BCUT2D eigenvalue weighted by molar-refractivity contribution is -0.149. The van der Waals surface area contributed by atoms with Crippen molar-refractivity contribution in [3.63, 3.8) is 0 Å². The smallest absolute Gasteiger partial charge is 0.336 e. The number of hydrogen-bond donors (Lipinski definition) is 0. The van der Waals surface area contributed by atoms with Crippen LogP contribution in [0.1, 0.15) is 24.0 Å². The zero-order valence-electron chi connectivity index (χ0n) is 14.3. The molecule has 0 fully saturated rings. The zero-order chi connectivity index (χ0) is 18.3. The number of methoxy groups -OCH3 is 1. The standard InChI is InChI=1S/C19H22O5S/c1-15-8-6-12-17(14-15)25(21,22)24-18(19(20)23-2)13-7-11-16-9-4-3-5-10-16/h3-6,8-10,12,14,18H,7,11,13H2,1-2H3/t18-/m1/s1. The second kappa shape index (κ2) is 8.78. The number of rotatable bonds is 8. The summed E-state index contributed by atoms with van der Waals surface area (Å²) < 4.78 is 34.7. The summed E-state index contributed by atoms with van der Waals surface area (Å²) in [5, 5.41) is 0. The largest absolute Gasteiger partial charge is 0.467 e. The molecule has 0 bridgehead atoms. The first-order valence-corrected chi connectivity index (χ1v) is 9.45. The van der Waals surface area contributed by atoms with Gasteiger partial charge in [0, 0.05) is 0 Å². The SMILES string of the molecule is COC(=O)[C@@H](CCCc1ccccc1)OS(=O)(=O)c1cccc(C)c1. The minimum absolute atomic E-state index is 0.0319. The number of benzene rings is 2. The average Bonchev–Trinajstić information content (AvgIpc) is 2.61. The molecule has 5 nitrogen and oxygen atoms in total. The predicted octanol–water partition coefficient (Wildman–Crippen LogP) is 3.26. The molecule has 2 rings (SSSR count). The molecule has 25 heavy (non-hydrogen) atoms. The molecule has 1 atom stereocenters. The zero-order valence-corrected chi connectivity index (χ0v) is 15.2. The van der Waals surface area contributed by atoms with Gasteiger partial charge in [0.2, 0.25) is 0 Å². The van der Waals surface area contributed by atoms with Gasteiger partial charge in [-0.3, -0.25) is 4.18 Å². The molecule has 0 radical (unpaired) electrons. The summed E-state index contributed by atoms with van der Waals surface area (Å²) in [5.41, 5.74) is 1.91. The van der Waals surface area contributed by atoms with Crippen LogP contribution in [-0.4, -0.2) is 27.6 Å². The first-order chi connectivity index (χ1) is 11.9. The molecule has 2 aromatic rings. The molecule has 0 saturated carbocycles. The quantitative estimate of drug-likeness (QED) is 0.532. The van der Waals surface area contributed by atoms with E-state index in [1.807, 2.05) is 30.3 Å². The van der Waals surface area contributed by atoms with E-state index in [0.29, 0.717) is 6.42 Å². The first kappa shape index (κ1) is 19.1. The van der Waals surface area contributed by atoms with E-state index < -0.39 is 22.2 Å². The Balaban J connectivity index is 2.05. The minimum Gasteiger partial charge on any atom is -0.467 e. The van der Waals surface area contributed by atoms with Gasteiger partial charge >= 0.3 is 5.97 Å². The normalized spacial score (nSPS) is 12.6. The molecular weight excluding hydrogens is 340 g/mol. The Morgan fingerprint density at radius 3 is 2.44 bits per heavy atom. The fourth-order valence-corrected chi connectivity index (χ4v) is 3.62. The molecule has 0 aromatic heterocycles. The van der Waals surface area contributed by atoms with Crippen molar-refractivity contribution in [3.8, 4) is 0 Å². The lowest BCUT2D eigenvalue weighted by Crippen LogP contribution is -2.28. The molecule has 0 saturated heterocycles. The number of carbonyl (C=O) groups excluding carboxylic acids is 1. The summed E-state index contributed by atoms with van der Waals surface area (Å²) in [7, 11) is -2.82. The monoisotopic (exact) mass is 362 g/mol. The van der Waals surface area contributed by atoms with E-state index in [4.69, 9.17) is 8.92 Å². The highest BCUT2D eigenvalue weighted by molar-refractivity contribution is 7.86. The van der Waals surface area contributed by atoms with Crippen LogP contribution >= 0.6 is 0 Å². The third-order valence-corrected chi connectivity index (χ3v) is 5.08. The molecule has 0 aliphatic rings. The molecule has 134 valence electrons. The van der Waals surface area contributed by atoms with Gasteiger partial charge in [-0.05, 0) is 49.4 Å². The van der Waals surface area contributed by atoms with Gasteiger partial charge < -0.3 is 4.74 Å². The molecule has 0 unspecified atom stereocenters. The Kier molecular flexibility index (Phi) is 6.73. The third-order valence-electron chi connectivity index (χ3n) is 3.76. The van der Waals surface area contributed by atoms with Crippen molar-refractivity contribution in [1.82, 2.24) is 0 Å². The lowest BCUT2D eigenvalue weighted by Gasteiger charge is -2.15. The molecule has 6 heteroatoms. The minimum atomic E-state index is -4.03. The van der Waals surface area contributed by atoms with E-state index in [0.717, 1.165) is 17.5 Å². The van der Waals surface area contributed by atoms with Crippen LogP contribution in [0.5, 0.6) is 0 Å². The second-order valence-corrected chi connectivity index (χ2v) is 7.33. The summed E-state index contributed by atoms with van der Waals surface area (Å²) >= 11 is 0. The maximum Gasteiger partial charge on any atom is 0.336 e. The van der Waals surface area contributed by atoms with Crippen molar-refractivity contribution in [2.24, 2.45) is 0 Å². The molecule has 0 N–H and O–H groups in total. The van der Waals surface area contributed by atoms with Gasteiger partial charge in [-0.25, -0.2) is 4.79 Å². The van der Waals surface area contributed by atoms with E-state index in [2.05, 4.69) is 0 Å². The van der Waals surface area contributed by atoms with Gasteiger partial charge in [-0.2, -0.15) is 8.42 Å². The summed E-state index contributed by atoms with van der Waals surface area (Å²) in [4.78, 5) is 12.0. The fraction of sp³-hybridized carbons (Fsp3) is 0.316. The summed E-state index contributed by atoms with van der Waals surface area (Å²) in [6, 6.07) is 16.1. The molecule has 0 aliphatic carbocycles. The van der Waals surface area contributed by atoms with Crippen LogP contribution in [0, 0.1) is 6.92 Å². The second-order valence-electron chi connectivity index (χ2n) is 5.76. The predicted molar refractivity (Wildman–Crippen MR) is 94.6 cm³/mol. The Morgan fingerprint density at radius 1 is 1.08 bits per heavy atom. The Bertz CT molecular complexity index is 800. The Labute approximate surface area is 148 Å². The van der Waals surface area contributed by atoms with Crippen molar-refractivity contribution >= 4 is 16.1 Å². The van der Waals surface area contributed by atoms with Crippen molar-refractivity contribution < 1.29 is 22.1 Å². The van der Waals surface area contributed by atoms with E-state index in [1.54, 1.807) is 19.1 Å². The number of esters is 1.